The molecule has 0 N–H and O–H groups in total. The zero-order valence-electron chi connectivity index (χ0n) is 15.1. The van der Waals surface area contributed by atoms with Gasteiger partial charge in [0.15, 0.2) is 0 Å². The van der Waals surface area contributed by atoms with Crippen molar-refractivity contribution in [3.8, 4) is 0 Å². The summed E-state index contributed by atoms with van der Waals surface area (Å²) in [7, 11) is -3.57. The molecule has 118 valence electrons. The van der Waals surface area contributed by atoms with Gasteiger partial charge >= 0.3 is 37.7 Å². The van der Waals surface area contributed by atoms with Crippen LogP contribution in [0.1, 0.15) is 61.1 Å². The fourth-order valence-corrected chi connectivity index (χ4v) is 3.02. The van der Waals surface area contributed by atoms with Gasteiger partial charge in [-0.05, 0) is 18.6 Å². The fraction of sp³-hybridized carbons (Fsp3) is 0.625. The summed E-state index contributed by atoms with van der Waals surface area (Å²) in [6.07, 6.45) is 9.44. The molecule has 0 aliphatic rings. The molecule has 0 aliphatic carbocycles. The van der Waals surface area contributed by atoms with Gasteiger partial charge in [0.05, 0.1) is 11.5 Å². The van der Waals surface area contributed by atoms with Crippen LogP contribution in [0, 0.1) is 0 Å². The Hall–Kier alpha value is 0.390. The third kappa shape index (κ3) is 9.90. The maximum atomic E-state index is 11.8. The van der Waals surface area contributed by atoms with Gasteiger partial charge in [0.1, 0.15) is 0 Å². The second-order valence-corrected chi connectivity index (χ2v) is 6.68. The van der Waals surface area contributed by atoms with Crippen molar-refractivity contribution in [1.29, 1.82) is 0 Å². The van der Waals surface area contributed by atoms with Gasteiger partial charge in [0.2, 0.25) is 0 Å². The zero-order chi connectivity index (χ0) is 14.7. The van der Waals surface area contributed by atoms with E-state index < -0.39 is 10.1 Å². The first-order valence-corrected chi connectivity index (χ1v) is 9.02. The van der Waals surface area contributed by atoms with Gasteiger partial charge in [-0.25, -0.2) is 0 Å². The molecule has 0 unspecified atom stereocenters. The minimum absolute atomic E-state index is 0. The summed E-state index contributed by atoms with van der Waals surface area (Å²) >= 11 is 0. The van der Waals surface area contributed by atoms with E-state index in [2.05, 4.69) is 6.92 Å². The van der Waals surface area contributed by atoms with E-state index in [1.165, 1.54) is 38.5 Å². The molecule has 0 spiro atoms. The molecule has 3 nitrogen and oxygen atoms in total. The normalized spacial score (nSPS) is 11.1. The smallest absolute Gasteiger partial charge is 1.00 e. The summed E-state index contributed by atoms with van der Waals surface area (Å²) in [5.41, 5.74) is 0. The molecule has 0 saturated heterocycles. The average molecular weight is 341 g/mol. The largest absolute Gasteiger partial charge is 2.00 e. The van der Waals surface area contributed by atoms with Crippen LogP contribution in [0.3, 0.4) is 0 Å². The number of rotatable bonds is 11. The Morgan fingerprint density at radius 2 is 1.43 bits per heavy atom. The Morgan fingerprint density at radius 1 is 0.905 bits per heavy atom. The van der Waals surface area contributed by atoms with E-state index in [1.807, 2.05) is 0 Å². The molecule has 1 aromatic rings. The molecule has 0 atom stereocenters. The fourth-order valence-electron chi connectivity index (χ4n) is 2.06. The summed E-state index contributed by atoms with van der Waals surface area (Å²) in [5, 5.41) is 0. The van der Waals surface area contributed by atoms with Gasteiger partial charge in [0, 0.05) is 0 Å². The van der Waals surface area contributed by atoms with E-state index in [9.17, 15) is 8.42 Å². The van der Waals surface area contributed by atoms with E-state index in [0.29, 0.717) is 0 Å². The van der Waals surface area contributed by atoms with E-state index in [1.54, 1.807) is 30.3 Å². The van der Waals surface area contributed by atoms with E-state index in [-0.39, 0.29) is 52.1 Å². The zero-order valence-corrected chi connectivity index (χ0v) is 16.1. The Labute approximate surface area is 162 Å². The van der Waals surface area contributed by atoms with Crippen molar-refractivity contribution >= 4 is 47.9 Å². The molecule has 1 rings (SSSR count). The van der Waals surface area contributed by atoms with Crippen molar-refractivity contribution in [3.63, 3.8) is 0 Å². The predicted octanol–water partition coefficient (Wildman–Crippen LogP) is 4.38. The summed E-state index contributed by atoms with van der Waals surface area (Å²) < 4.78 is 28.7. The molecular formula is C16H28CaO3S. The first-order valence-electron chi connectivity index (χ1n) is 7.61. The molecule has 0 heterocycles. The summed E-state index contributed by atoms with van der Waals surface area (Å²) in [4.78, 5) is 0.236. The summed E-state index contributed by atoms with van der Waals surface area (Å²) in [6.45, 7) is 2.50. The van der Waals surface area contributed by atoms with Gasteiger partial charge in [-0.2, -0.15) is 8.42 Å². The standard InChI is InChI=1S/C16H26O3S.Ca.2H/c1-2-3-4-5-6-7-8-12-15-19-20(17,18)16-13-10-9-11-14-16;;;/h9-11,13-14H,2-8,12,15H2,1H3;;;/q;+2;2*-1. The van der Waals surface area contributed by atoms with Crippen molar-refractivity contribution in [2.75, 3.05) is 6.61 Å². The van der Waals surface area contributed by atoms with Crippen molar-refractivity contribution < 1.29 is 15.5 Å². The molecule has 1 aromatic carbocycles. The van der Waals surface area contributed by atoms with Gasteiger partial charge in [-0.3, -0.25) is 4.18 Å². The number of benzene rings is 1. The van der Waals surface area contributed by atoms with Gasteiger partial charge in [-0.1, -0.05) is 70.1 Å². The van der Waals surface area contributed by atoms with Crippen molar-refractivity contribution in [2.24, 2.45) is 0 Å². The maximum Gasteiger partial charge on any atom is 2.00 e. The van der Waals surface area contributed by atoms with Crippen LogP contribution in [-0.4, -0.2) is 52.8 Å². The quantitative estimate of drug-likeness (QED) is 0.341. The predicted molar refractivity (Wildman–Crippen MR) is 90.2 cm³/mol. The van der Waals surface area contributed by atoms with Gasteiger partial charge < -0.3 is 2.85 Å². The van der Waals surface area contributed by atoms with Gasteiger partial charge in [0.25, 0.3) is 10.1 Å². The Kier molecular flexibility index (Phi) is 13.1. The first-order chi connectivity index (χ1) is 9.67. The molecule has 0 amide bonds. The van der Waals surface area contributed by atoms with E-state index >= 15 is 0 Å². The van der Waals surface area contributed by atoms with E-state index in [4.69, 9.17) is 4.18 Å². The third-order valence-electron chi connectivity index (χ3n) is 3.27. The second kappa shape index (κ2) is 12.9. The van der Waals surface area contributed by atoms with Crippen LogP contribution in [-0.2, 0) is 14.3 Å². The van der Waals surface area contributed by atoms with Crippen LogP contribution >= 0.6 is 0 Å². The Morgan fingerprint density at radius 3 is 2.00 bits per heavy atom. The van der Waals surface area contributed by atoms with Crippen LogP contribution in [0.4, 0.5) is 0 Å². The second-order valence-electron chi connectivity index (χ2n) is 5.06. The minimum atomic E-state index is -3.57. The maximum absolute atomic E-state index is 11.8. The minimum Gasteiger partial charge on any atom is -1.00 e. The summed E-state index contributed by atoms with van der Waals surface area (Å²) in [6, 6.07) is 8.31. The molecule has 21 heavy (non-hydrogen) atoms. The number of hydrogen-bond acceptors (Lipinski definition) is 3. The van der Waals surface area contributed by atoms with Crippen LogP contribution in [0.15, 0.2) is 35.2 Å². The SMILES string of the molecule is CCCCCCCCCCOS(=O)(=O)c1ccccc1.[Ca+2].[H-].[H-]. The van der Waals surface area contributed by atoms with Crippen LogP contribution in [0.2, 0.25) is 0 Å². The van der Waals surface area contributed by atoms with Crippen molar-refractivity contribution in [2.45, 2.75) is 63.2 Å². The summed E-state index contributed by atoms with van der Waals surface area (Å²) in [5.74, 6) is 0. The molecule has 0 aromatic heterocycles. The Balaban J connectivity index is -0.00000133. The van der Waals surface area contributed by atoms with Crippen molar-refractivity contribution in [3.05, 3.63) is 30.3 Å². The molecule has 0 bridgehead atoms. The topological polar surface area (TPSA) is 43.4 Å². The monoisotopic (exact) mass is 340 g/mol. The van der Waals surface area contributed by atoms with Crippen molar-refractivity contribution in [1.82, 2.24) is 0 Å². The third-order valence-corrected chi connectivity index (χ3v) is 4.59. The molecule has 0 aliphatic heterocycles. The molecule has 0 saturated carbocycles. The Bertz CT molecular complexity index is 456. The molecule has 5 heteroatoms. The molecule has 0 radical (unpaired) electrons. The number of unbranched alkanes of at least 4 members (excludes halogenated alkanes) is 7. The van der Waals surface area contributed by atoms with Crippen LogP contribution in [0.25, 0.3) is 0 Å². The van der Waals surface area contributed by atoms with Crippen LogP contribution in [0.5, 0.6) is 0 Å². The average Bonchev–Trinajstić information content (AvgIpc) is 2.46. The van der Waals surface area contributed by atoms with Crippen LogP contribution < -0.4 is 0 Å². The number of hydrogen-bond donors (Lipinski definition) is 0. The molecular weight excluding hydrogens is 312 g/mol. The van der Waals surface area contributed by atoms with E-state index in [0.717, 1.165) is 12.8 Å². The first kappa shape index (κ1) is 21.4. The molecule has 0 fully saturated rings. The van der Waals surface area contributed by atoms with Gasteiger partial charge in [-0.15, -0.1) is 0 Å².